The quantitative estimate of drug-likeness (QED) is 0.155. The van der Waals surface area contributed by atoms with Crippen LogP contribution in [0.3, 0.4) is 0 Å². The molecule has 280 valence electrons. The number of allylic oxidation sites excluding steroid dienone is 1. The third kappa shape index (κ3) is 6.79. The van der Waals surface area contributed by atoms with Crippen molar-refractivity contribution in [2.24, 2.45) is 17.8 Å². The van der Waals surface area contributed by atoms with Gasteiger partial charge in [-0.25, -0.2) is 0 Å². The lowest BCUT2D eigenvalue weighted by Gasteiger charge is -2.40. The molecule has 8 atom stereocenters. The van der Waals surface area contributed by atoms with Crippen LogP contribution in [0.5, 0.6) is 0 Å². The van der Waals surface area contributed by atoms with Crippen LogP contribution in [0.4, 0.5) is 5.69 Å². The predicted octanol–water partition coefficient (Wildman–Crippen LogP) is 5.85. The van der Waals surface area contributed by atoms with Gasteiger partial charge < -0.3 is 29.3 Å². The van der Waals surface area contributed by atoms with E-state index >= 15 is 4.79 Å². The summed E-state index contributed by atoms with van der Waals surface area (Å²) in [5.74, 6) is -3.69. The van der Waals surface area contributed by atoms with Crippen LogP contribution >= 0.6 is 0 Å². The average molecular weight is 722 g/mol. The monoisotopic (exact) mass is 721 g/mol. The first-order valence-corrected chi connectivity index (χ1v) is 18.6. The number of hydrogen-bond donors (Lipinski definition) is 1. The maximum Gasteiger partial charge on any atom is 0.313 e. The van der Waals surface area contributed by atoms with E-state index in [2.05, 4.69) is 13.2 Å². The molecule has 53 heavy (non-hydrogen) atoms. The van der Waals surface area contributed by atoms with Crippen molar-refractivity contribution in [3.63, 3.8) is 0 Å². The number of nitrogens with zero attached hydrogens (tertiary/aromatic N) is 3. The molecular formula is C43H51N3O7. The highest BCUT2D eigenvalue weighted by atomic mass is 16.6. The fourth-order valence-corrected chi connectivity index (χ4v) is 8.68. The normalized spacial score (nSPS) is 24.8. The topological polar surface area (TPSA) is 117 Å². The number of carbonyl (C=O) groups is 4. The summed E-state index contributed by atoms with van der Waals surface area (Å²) in [6, 6.07) is 20.6. The van der Waals surface area contributed by atoms with Gasteiger partial charge in [-0.3, -0.25) is 19.2 Å². The van der Waals surface area contributed by atoms with Crippen LogP contribution in [0.2, 0.25) is 0 Å². The molecule has 0 unspecified atom stereocenters. The molecule has 1 N–H and O–H groups in total. The van der Waals surface area contributed by atoms with Gasteiger partial charge in [0.2, 0.25) is 11.8 Å². The van der Waals surface area contributed by atoms with Gasteiger partial charge in [0.05, 0.1) is 36.6 Å². The number of esters is 1. The molecule has 2 bridgehead atoms. The summed E-state index contributed by atoms with van der Waals surface area (Å²) in [5.41, 5.74) is 0.0336. The number of likely N-dealkylation sites (tertiary alicyclic amines) is 1. The third-order valence-corrected chi connectivity index (χ3v) is 11.6. The lowest BCUT2D eigenvalue weighted by Crippen LogP contribution is -2.59. The highest BCUT2D eigenvalue weighted by Crippen LogP contribution is 2.59. The fraction of sp³-hybridized carbons (Fsp3) is 0.442. The van der Waals surface area contributed by atoms with Crippen LogP contribution in [0, 0.1) is 17.8 Å². The molecule has 10 nitrogen and oxygen atoms in total. The lowest BCUT2D eigenvalue weighted by molar-refractivity contribution is -0.165. The fourth-order valence-electron chi connectivity index (χ4n) is 8.68. The van der Waals surface area contributed by atoms with Crippen molar-refractivity contribution in [2.75, 3.05) is 25.1 Å². The summed E-state index contributed by atoms with van der Waals surface area (Å²) in [7, 11) is 1.69. The van der Waals surface area contributed by atoms with E-state index in [1.165, 1.54) is 4.90 Å². The summed E-state index contributed by atoms with van der Waals surface area (Å²) < 4.78 is 13.1. The molecule has 3 saturated heterocycles. The first-order chi connectivity index (χ1) is 25.5. The van der Waals surface area contributed by atoms with Crippen molar-refractivity contribution in [1.82, 2.24) is 9.80 Å². The molecular weight excluding hydrogens is 670 g/mol. The number of likely N-dealkylation sites (N-methyl/N-ethyl adjacent to an activating group) is 1. The molecule has 0 aromatic heterocycles. The van der Waals surface area contributed by atoms with Crippen LogP contribution in [0.25, 0.3) is 10.8 Å². The van der Waals surface area contributed by atoms with E-state index < -0.39 is 59.6 Å². The largest absolute Gasteiger partial charge is 0.455 e. The van der Waals surface area contributed by atoms with Gasteiger partial charge in [0.1, 0.15) is 17.7 Å². The minimum atomic E-state index is -1.31. The van der Waals surface area contributed by atoms with E-state index in [9.17, 15) is 19.5 Å². The Morgan fingerprint density at radius 3 is 2.38 bits per heavy atom. The highest BCUT2D eigenvalue weighted by Gasteiger charge is 2.76. The summed E-state index contributed by atoms with van der Waals surface area (Å²) in [4.78, 5) is 62.3. The summed E-state index contributed by atoms with van der Waals surface area (Å²) in [6.45, 7) is 13.1. The van der Waals surface area contributed by atoms with Gasteiger partial charge in [0.25, 0.3) is 5.91 Å². The molecule has 10 heteroatoms. The van der Waals surface area contributed by atoms with Crippen molar-refractivity contribution in [2.45, 2.75) is 82.4 Å². The van der Waals surface area contributed by atoms with E-state index in [1.54, 1.807) is 29.0 Å². The Hall–Kier alpha value is -4.80. The lowest BCUT2D eigenvalue weighted by atomic mass is 9.70. The molecule has 0 aliphatic carbocycles. The Morgan fingerprint density at radius 2 is 1.72 bits per heavy atom. The van der Waals surface area contributed by atoms with Gasteiger partial charge in [-0.05, 0) is 60.6 Å². The SMILES string of the molecule is C=CCCC(=O)N(C)[C@@H](C)[C@@H](OC(=O)[C@@H]1[C@@H]2CC[C@]3(O2)[C@H](C(=O)N(CC=C)c2ccc4ccccc4c2)N([C@@H](CO)C(C)C)C(=O)[C@@H]13)c1ccccc1. The molecule has 1 spiro atoms. The predicted molar refractivity (Wildman–Crippen MR) is 204 cm³/mol. The second-order valence-corrected chi connectivity index (χ2v) is 14.9. The molecule has 0 saturated carbocycles. The maximum absolute atomic E-state index is 15.1. The number of benzene rings is 3. The Labute approximate surface area is 312 Å². The molecule has 3 aromatic rings. The second kappa shape index (κ2) is 15.7. The standard InChI is InChI=1S/C43H51N3O7/c1-7-9-19-35(48)44(6)28(5)38(30-16-11-10-12-17-30)52-42(51)36-34-22-23-43(53-34)37(36)40(49)46(33(26-47)27(3)4)39(43)41(50)45(24-8-2)32-21-20-29-15-13-14-18-31(29)25-32/h7-8,10-18,20-21,25,27-28,33-34,36-39,47H,1-2,9,19,22-24,26H2,3-6H3/t28-,33-,34-,36+,37+,38+,39-,43+/m0/s1. The number of amides is 3. The van der Waals surface area contributed by atoms with Crippen LogP contribution in [-0.4, -0.2) is 88.6 Å². The Bertz CT molecular complexity index is 1860. The number of carbonyl (C=O) groups excluding carboxylic acids is 4. The zero-order chi connectivity index (χ0) is 38.0. The van der Waals surface area contributed by atoms with E-state index in [0.717, 1.165) is 10.8 Å². The molecule has 0 radical (unpaired) electrons. The van der Waals surface area contributed by atoms with Crippen molar-refractivity contribution < 1.29 is 33.8 Å². The number of rotatable bonds is 15. The molecule has 3 aliphatic heterocycles. The Morgan fingerprint density at radius 1 is 1.02 bits per heavy atom. The van der Waals surface area contributed by atoms with Crippen LogP contribution in [-0.2, 0) is 28.7 Å². The van der Waals surface area contributed by atoms with Crippen molar-refractivity contribution in [3.8, 4) is 0 Å². The zero-order valence-electron chi connectivity index (χ0n) is 31.1. The summed E-state index contributed by atoms with van der Waals surface area (Å²) >= 11 is 0. The summed E-state index contributed by atoms with van der Waals surface area (Å²) in [5, 5.41) is 12.7. The number of fused-ring (bicyclic) bond motifs is 2. The van der Waals surface area contributed by atoms with Gasteiger partial charge in [0.15, 0.2) is 0 Å². The van der Waals surface area contributed by atoms with Crippen molar-refractivity contribution in [3.05, 3.63) is 104 Å². The molecule has 3 aliphatic rings. The third-order valence-electron chi connectivity index (χ3n) is 11.6. The number of anilines is 1. The number of aliphatic hydroxyl groups is 1. The number of ether oxygens (including phenoxy) is 2. The first-order valence-electron chi connectivity index (χ1n) is 18.6. The van der Waals surface area contributed by atoms with E-state index in [1.807, 2.05) is 93.6 Å². The van der Waals surface area contributed by atoms with Gasteiger partial charge in [0, 0.05) is 25.7 Å². The number of aliphatic hydroxyl groups excluding tert-OH is 1. The molecule has 3 amide bonds. The summed E-state index contributed by atoms with van der Waals surface area (Å²) in [6.07, 6.45) is 3.49. The van der Waals surface area contributed by atoms with E-state index in [4.69, 9.17) is 9.47 Å². The molecule has 3 aromatic carbocycles. The van der Waals surface area contributed by atoms with Gasteiger partial charge in [-0.15, -0.1) is 13.2 Å². The zero-order valence-corrected chi connectivity index (χ0v) is 31.1. The Balaban J connectivity index is 1.37. The van der Waals surface area contributed by atoms with E-state index in [0.29, 0.717) is 30.5 Å². The van der Waals surface area contributed by atoms with E-state index in [-0.39, 0.29) is 37.3 Å². The average Bonchev–Trinajstić information content (AvgIpc) is 3.82. The minimum Gasteiger partial charge on any atom is -0.455 e. The second-order valence-electron chi connectivity index (χ2n) is 14.9. The van der Waals surface area contributed by atoms with Gasteiger partial charge >= 0.3 is 5.97 Å². The Kier molecular flexibility index (Phi) is 11.2. The van der Waals surface area contributed by atoms with Crippen LogP contribution in [0.1, 0.15) is 58.1 Å². The number of hydrogen-bond acceptors (Lipinski definition) is 7. The molecule has 6 rings (SSSR count). The van der Waals surface area contributed by atoms with Gasteiger partial charge in [-0.1, -0.05) is 86.7 Å². The molecule has 3 heterocycles. The molecule has 3 fully saturated rings. The van der Waals surface area contributed by atoms with Crippen molar-refractivity contribution in [1.29, 1.82) is 0 Å². The smallest absolute Gasteiger partial charge is 0.313 e. The minimum absolute atomic E-state index is 0.112. The first kappa shape index (κ1) is 37.9. The van der Waals surface area contributed by atoms with Crippen molar-refractivity contribution >= 4 is 40.2 Å². The highest BCUT2D eigenvalue weighted by molar-refractivity contribution is 6.05. The maximum atomic E-state index is 15.1. The van der Waals surface area contributed by atoms with Gasteiger partial charge in [-0.2, -0.15) is 0 Å². The van der Waals surface area contributed by atoms with Crippen LogP contribution < -0.4 is 4.90 Å². The van der Waals surface area contributed by atoms with Crippen LogP contribution in [0.15, 0.2) is 98.1 Å².